The number of hydrogen-bond acceptors (Lipinski definition) is 3. The summed E-state index contributed by atoms with van der Waals surface area (Å²) in [6.07, 6.45) is 2.94. The van der Waals surface area contributed by atoms with E-state index < -0.39 is 11.5 Å². The van der Waals surface area contributed by atoms with Crippen molar-refractivity contribution in [1.82, 2.24) is 0 Å². The first-order valence-electron chi connectivity index (χ1n) is 6.69. The van der Waals surface area contributed by atoms with Crippen LogP contribution in [0.3, 0.4) is 0 Å². The molecule has 0 aromatic heterocycles. The number of nitrogens with one attached hydrogen (secondary N) is 1. The van der Waals surface area contributed by atoms with E-state index >= 15 is 0 Å². The minimum Gasteiger partial charge on any atom is -0.480 e. The van der Waals surface area contributed by atoms with Crippen LogP contribution in [0.1, 0.15) is 38.2 Å². The number of hydrogen-bond donors (Lipinski definition) is 2. The van der Waals surface area contributed by atoms with Crippen molar-refractivity contribution in [2.24, 2.45) is 5.92 Å². The van der Waals surface area contributed by atoms with Gasteiger partial charge in [0.1, 0.15) is 11.6 Å². The summed E-state index contributed by atoms with van der Waals surface area (Å²) in [5.41, 5.74) is 0.0735. The predicted molar refractivity (Wildman–Crippen MR) is 80.5 cm³/mol. The molecule has 106 valence electrons. The average Bonchev–Trinajstić information content (AvgIpc) is 2.41. The molecule has 4 nitrogen and oxygen atoms in total. The zero-order valence-electron chi connectivity index (χ0n) is 11.3. The number of nitriles is 1. The van der Waals surface area contributed by atoms with Gasteiger partial charge in [-0.2, -0.15) is 5.26 Å². The third-order valence-corrected chi connectivity index (χ3v) is 4.70. The summed E-state index contributed by atoms with van der Waals surface area (Å²) in [6.45, 7) is 2.14. The normalized spacial score (nSPS) is 25.8. The van der Waals surface area contributed by atoms with Gasteiger partial charge in [-0.15, -0.1) is 0 Å². The van der Waals surface area contributed by atoms with Crippen LogP contribution in [0.25, 0.3) is 0 Å². The van der Waals surface area contributed by atoms with E-state index in [2.05, 4.69) is 34.2 Å². The van der Waals surface area contributed by atoms with Crippen molar-refractivity contribution in [2.75, 3.05) is 5.32 Å². The van der Waals surface area contributed by atoms with Gasteiger partial charge < -0.3 is 10.4 Å². The van der Waals surface area contributed by atoms with E-state index in [1.165, 1.54) is 0 Å². The highest BCUT2D eigenvalue weighted by Gasteiger charge is 2.41. The summed E-state index contributed by atoms with van der Waals surface area (Å²) in [6, 6.07) is 7.45. The lowest BCUT2D eigenvalue weighted by atomic mass is 9.77. The van der Waals surface area contributed by atoms with Crippen molar-refractivity contribution in [3.8, 4) is 6.07 Å². The first-order valence-corrected chi connectivity index (χ1v) is 7.48. The van der Waals surface area contributed by atoms with E-state index in [0.717, 1.165) is 12.8 Å². The largest absolute Gasteiger partial charge is 0.480 e. The van der Waals surface area contributed by atoms with Crippen LogP contribution in [-0.2, 0) is 4.79 Å². The first-order chi connectivity index (χ1) is 9.48. The number of rotatable bonds is 3. The molecule has 1 aliphatic rings. The van der Waals surface area contributed by atoms with Crippen molar-refractivity contribution in [2.45, 2.75) is 38.1 Å². The van der Waals surface area contributed by atoms with Gasteiger partial charge in [0.05, 0.1) is 11.3 Å². The summed E-state index contributed by atoms with van der Waals surface area (Å²) in [5, 5.41) is 22.0. The predicted octanol–water partition coefficient (Wildman–Crippen LogP) is 3.77. The molecule has 0 heterocycles. The smallest absolute Gasteiger partial charge is 0.329 e. The van der Waals surface area contributed by atoms with Crippen LogP contribution in [0.5, 0.6) is 0 Å². The molecule has 20 heavy (non-hydrogen) atoms. The number of benzene rings is 1. The molecule has 2 N–H and O–H groups in total. The highest BCUT2D eigenvalue weighted by atomic mass is 79.9. The monoisotopic (exact) mass is 336 g/mol. The van der Waals surface area contributed by atoms with E-state index in [9.17, 15) is 15.2 Å². The van der Waals surface area contributed by atoms with Crippen molar-refractivity contribution >= 4 is 27.6 Å². The molecule has 1 aliphatic carbocycles. The van der Waals surface area contributed by atoms with Gasteiger partial charge in [-0.05, 0) is 59.7 Å². The zero-order chi connectivity index (χ0) is 14.8. The van der Waals surface area contributed by atoms with Gasteiger partial charge in [0.25, 0.3) is 0 Å². The fourth-order valence-electron chi connectivity index (χ4n) is 2.65. The lowest BCUT2D eigenvalue weighted by Gasteiger charge is -2.37. The number of carboxylic acids is 1. The maximum Gasteiger partial charge on any atom is 0.329 e. The minimum absolute atomic E-state index is 0.451. The number of aliphatic carboxylic acids is 1. The van der Waals surface area contributed by atoms with Gasteiger partial charge in [-0.3, -0.25) is 0 Å². The summed E-state index contributed by atoms with van der Waals surface area (Å²) in [7, 11) is 0. The van der Waals surface area contributed by atoms with Crippen molar-refractivity contribution in [3.05, 3.63) is 28.2 Å². The van der Waals surface area contributed by atoms with Crippen LogP contribution in [0.15, 0.2) is 22.7 Å². The van der Waals surface area contributed by atoms with Gasteiger partial charge in [-0.25, -0.2) is 4.79 Å². The number of nitrogens with zero attached hydrogens (tertiary/aromatic N) is 1. The Morgan fingerprint density at radius 1 is 1.50 bits per heavy atom. The molecule has 1 aromatic carbocycles. The highest BCUT2D eigenvalue weighted by molar-refractivity contribution is 9.10. The van der Waals surface area contributed by atoms with Gasteiger partial charge in [0.15, 0.2) is 0 Å². The van der Waals surface area contributed by atoms with Crippen LogP contribution in [-0.4, -0.2) is 16.6 Å². The topological polar surface area (TPSA) is 73.1 Å². The van der Waals surface area contributed by atoms with Crippen molar-refractivity contribution in [3.63, 3.8) is 0 Å². The Kier molecular flexibility index (Phi) is 4.34. The van der Waals surface area contributed by atoms with Crippen LogP contribution in [0, 0.1) is 17.2 Å². The van der Waals surface area contributed by atoms with Crippen molar-refractivity contribution in [1.29, 1.82) is 5.26 Å². The molecule has 0 radical (unpaired) electrons. The van der Waals surface area contributed by atoms with Crippen LogP contribution in [0.4, 0.5) is 5.69 Å². The number of anilines is 1. The molecule has 5 heteroatoms. The molecular weight excluding hydrogens is 320 g/mol. The standard InChI is InChI=1S/C15H17BrN2O2/c1-10-5-7-15(8-6-10,14(19)20)18-13-4-2-3-12(16)11(13)9-17/h2-4,10,18H,5-8H2,1H3,(H,19,20). The third kappa shape index (κ3) is 2.80. The number of carboxylic acid groups (broad SMARTS) is 1. The molecule has 0 spiro atoms. The Morgan fingerprint density at radius 2 is 2.15 bits per heavy atom. The number of carbonyl (C=O) groups is 1. The Hall–Kier alpha value is -1.54. The first kappa shape index (κ1) is 14.9. The second kappa shape index (κ2) is 5.84. The van der Waals surface area contributed by atoms with Crippen molar-refractivity contribution < 1.29 is 9.90 Å². The second-order valence-corrected chi connectivity index (χ2v) is 6.32. The summed E-state index contributed by atoms with van der Waals surface area (Å²) < 4.78 is 0.676. The fraction of sp³-hybridized carbons (Fsp3) is 0.467. The lowest BCUT2D eigenvalue weighted by Crippen LogP contribution is -2.49. The maximum atomic E-state index is 11.7. The fourth-order valence-corrected chi connectivity index (χ4v) is 3.10. The molecule has 0 amide bonds. The summed E-state index contributed by atoms with van der Waals surface area (Å²) in [4.78, 5) is 11.7. The quantitative estimate of drug-likeness (QED) is 0.881. The molecule has 0 aliphatic heterocycles. The Morgan fingerprint density at radius 3 is 2.70 bits per heavy atom. The maximum absolute atomic E-state index is 11.7. The molecule has 2 rings (SSSR count). The van der Waals surface area contributed by atoms with Crippen LogP contribution >= 0.6 is 15.9 Å². The molecule has 1 fully saturated rings. The minimum atomic E-state index is -0.959. The number of halogens is 1. The second-order valence-electron chi connectivity index (χ2n) is 5.47. The van der Waals surface area contributed by atoms with Gasteiger partial charge in [0.2, 0.25) is 0 Å². The third-order valence-electron chi connectivity index (χ3n) is 4.04. The molecule has 1 aromatic rings. The van der Waals surface area contributed by atoms with Gasteiger partial charge in [-0.1, -0.05) is 13.0 Å². The average molecular weight is 337 g/mol. The molecule has 0 unspecified atom stereocenters. The molecule has 1 saturated carbocycles. The van der Waals surface area contributed by atoms with Crippen LogP contribution in [0.2, 0.25) is 0 Å². The van der Waals surface area contributed by atoms with E-state index in [-0.39, 0.29) is 0 Å². The van der Waals surface area contributed by atoms with Crippen LogP contribution < -0.4 is 5.32 Å². The van der Waals surface area contributed by atoms with Gasteiger partial charge in [0, 0.05) is 4.47 Å². The molecule has 0 saturated heterocycles. The Balaban J connectivity index is 2.33. The molecule has 0 atom stereocenters. The SMILES string of the molecule is CC1CCC(Nc2cccc(Br)c2C#N)(C(=O)O)CC1. The molecular formula is C15H17BrN2O2. The lowest BCUT2D eigenvalue weighted by molar-refractivity contribution is -0.143. The highest BCUT2D eigenvalue weighted by Crippen LogP contribution is 2.36. The Bertz CT molecular complexity index is 557. The van der Waals surface area contributed by atoms with E-state index in [1.54, 1.807) is 18.2 Å². The zero-order valence-corrected chi connectivity index (χ0v) is 12.9. The summed E-state index contributed by atoms with van der Waals surface area (Å²) in [5.74, 6) is -0.282. The van der Waals surface area contributed by atoms with E-state index in [1.807, 2.05) is 0 Å². The van der Waals surface area contributed by atoms with E-state index in [0.29, 0.717) is 34.5 Å². The van der Waals surface area contributed by atoms with Gasteiger partial charge >= 0.3 is 5.97 Å². The summed E-state index contributed by atoms with van der Waals surface area (Å²) >= 11 is 3.33. The Labute approximate surface area is 126 Å². The van der Waals surface area contributed by atoms with E-state index in [4.69, 9.17) is 0 Å². The molecule has 0 bridgehead atoms.